The largest absolute Gasteiger partial charge is 0.348 e. The zero-order chi connectivity index (χ0) is 15.2. The Morgan fingerprint density at radius 3 is 2.67 bits per heavy atom. The molecule has 1 aromatic carbocycles. The first-order valence-electron chi connectivity index (χ1n) is 6.43. The van der Waals surface area contributed by atoms with Crippen molar-refractivity contribution in [1.29, 1.82) is 0 Å². The van der Waals surface area contributed by atoms with Crippen molar-refractivity contribution in [3.8, 4) is 0 Å². The smallest absolute Gasteiger partial charge is 0.261 e. The molecule has 21 heavy (non-hydrogen) atoms. The lowest BCUT2D eigenvalue weighted by Gasteiger charge is -2.16. The Labute approximate surface area is 135 Å². The summed E-state index contributed by atoms with van der Waals surface area (Å²) >= 11 is 4.80. The van der Waals surface area contributed by atoms with Gasteiger partial charge in [0.2, 0.25) is 5.91 Å². The molecule has 1 atom stereocenters. The first-order valence-corrected chi connectivity index (χ1v) is 8.10. The minimum Gasteiger partial charge on any atom is -0.348 e. The fourth-order valence-corrected chi connectivity index (χ4v) is 3.12. The summed E-state index contributed by atoms with van der Waals surface area (Å²) in [5.74, 6) is -0.447. The predicted octanol–water partition coefficient (Wildman–Crippen LogP) is 3.12. The first-order chi connectivity index (χ1) is 10.1. The Bertz CT molecular complexity index is 628. The molecule has 1 heterocycles. The van der Waals surface area contributed by atoms with Gasteiger partial charge in [0.05, 0.1) is 17.5 Å². The molecule has 2 N–H and O–H groups in total. The van der Waals surface area contributed by atoms with E-state index < -0.39 is 0 Å². The van der Waals surface area contributed by atoms with Gasteiger partial charge < -0.3 is 10.6 Å². The molecule has 2 aromatic rings. The lowest BCUT2D eigenvalue weighted by atomic mass is 10.1. The molecule has 6 heteroatoms. The van der Waals surface area contributed by atoms with Crippen LogP contribution >= 0.6 is 27.3 Å². The Balaban J connectivity index is 1.85. The highest BCUT2D eigenvalue weighted by atomic mass is 79.9. The first kappa shape index (κ1) is 15.7. The molecule has 0 saturated heterocycles. The monoisotopic (exact) mass is 366 g/mol. The van der Waals surface area contributed by atoms with Crippen LogP contribution in [0.1, 0.15) is 28.2 Å². The second-order valence-electron chi connectivity index (χ2n) is 4.47. The Kier molecular flexibility index (Phi) is 5.52. The van der Waals surface area contributed by atoms with Crippen molar-refractivity contribution in [2.75, 3.05) is 6.54 Å². The number of thiophene rings is 1. The average Bonchev–Trinajstić information content (AvgIpc) is 2.99. The maximum atomic E-state index is 11.9. The SMILES string of the molecule is C[C@@H](NC(=O)CNC(=O)c1cccs1)c1ccccc1Br. The molecule has 110 valence electrons. The second kappa shape index (κ2) is 7.38. The summed E-state index contributed by atoms with van der Waals surface area (Å²) in [7, 11) is 0. The van der Waals surface area contributed by atoms with Gasteiger partial charge in [0.1, 0.15) is 0 Å². The summed E-state index contributed by atoms with van der Waals surface area (Å²) in [5, 5.41) is 7.28. The van der Waals surface area contributed by atoms with Crippen LogP contribution in [0.4, 0.5) is 0 Å². The Hall–Kier alpha value is -1.66. The van der Waals surface area contributed by atoms with E-state index in [0.717, 1.165) is 10.0 Å². The minimum absolute atomic E-state index is 0.0362. The van der Waals surface area contributed by atoms with Gasteiger partial charge in [-0.2, -0.15) is 0 Å². The topological polar surface area (TPSA) is 58.2 Å². The highest BCUT2D eigenvalue weighted by Gasteiger charge is 2.13. The summed E-state index contributed by atoms with van der Waals surface area (Å²) in [5.41, 5.74) is 0.996. The van der Waals surface area contributed by atoms with Crippen LogP contribution in [0.25, 0.3) is 0 Å². The van der Waals surface area contributed by atoms with Crippen LogP contribution in [0.15, 0.2) is 46.3 Å². The minimum atomic E-state index is -0.228. The maximum Gasteiger partial charge on any atom is 0.261 e. The molecule has 2 rings (SSSR count). The third kappa shape index (κ3) is 4.41. The quantitative estimate of drug-likeness (QED) is 0.853. The molecule has 0 fully saturated rings. The molecule has 2 amide bonds. The number of benzene rings is 1. The van der Waals surface area contributed by atoms with Gasteiger partial charge in [-0.05, 0) is 30.0 Å². The molecular formula is C15H15BrN2O2S. The summed E-state index contributed by atoms with van der Waals surface area (Å²) in [4.78, 5) is 24.2. The molecule has 0 saturated carbocycles. The van der Waals surface area contributed by atoms with Crippen LogP contribution in [0, 0.1) is 0 Å². The van der Waals surface area contributed by atoms with E-state index in [9.17, 15) is 9.59 Å². The second-order valence-corrected chi connectivity index (χ2v) is 6.27. The highest BCUT2D eigenvalue weighted by molar-refractivity contribution is 9.10. The lowest BCUT2D eigenvalue weighted by molar-refractivity contribution is -0.120. The van der Waals surface area contributed by atoms with Gasteiger partial charge in [0, 0.05) is 4.47 Å². The van der Waals surface area contributed by atoms with E-state index in [1.807, 2.05) is 36.6 Å². The molecule has 0 radical (unpaired) electrons. The average molecular weight is 367 g/mol. The van der Waals surface area contributed by atoms with Crippen molar-refractivity contribution < 1.29 is 9.59 Å². The number of amides is 2. The van der Waals surface area contributed by atoms with Crippen LogP contribution in [0.3, 0.4) is 0 Å². The van der Waals surface area contributed by atoms with Crippen LogP contribution in [-0.2, 0) is 4.79 Å². The molecule has 0 unspecified atom stereocenters. The zero-order valence-corrected chi connectivity index (χ0v) is 13.8. The van der Waals surface area contributed by atoms with Crippen molar-refractivity contribution in [1.82, 2.24) is 10.6 Å². The normalized spacial score (nSPS) is 11.7. The summed E-state index contributed by atoms with van der Waals surface area (Å²) in [6.45, 7) is 1.87. The van der Waals surface area contributed by atoms with Crippen molar-refractivity contribution in [2.24, 2.45) is 0 Å². The van der Waals surface area contributed by atoms with E-state index in [2.05, 4.69) is 26.6 Å². The summed E-state index contributed by atoms with van der Waals surface area (Å²) in [6, 6.07) is 11.1. The molecule has 0 spiro atoms. The highest BCUT2D eigenvalue weighted by Crippen LogP contribution is 2.22. The molecule has 1 aromatic heterocycles. The van der Waals surface area contributed by atoms with Crippen LogP contribution in [0.2, 0.25) is 0 Å². The van der Waals surface area contributed by atoms with Crippen LogP contribution in [0.5, 0.6) is 0 Å². The number of halogens is 1. The van der Waals surface area contributed by atoms with Crippen LogP contribution in [-0.4, -0.2) is 18.4 Å². The molecule has 0 bridgehead atoms. The molecular weight excluding hydrogens is 352 g/mol. The number of carbonyl (C=O) groups excluding carboxylic acids is 2. The van der Waals surface area contributed by atoms with Gasteiger partial charge in [-0.15, -0.1) is 11.3 Å². The number of nitrogens with one attached hydrogen (secondary N) is 2. The number of carbonyl (C=O) groups is 2. The van der Waals surface area contributed by atoms with E-state index in [1.54, 1.807) is 12.1 Å². The molecule has 0 aliphatic heterocycles. The van der Waals surface area contributed by atoms with Gasteiger partial charge in [0.25, 0.3) is 5.91 Å². The third-order valence-electron chi connectivity index (χ3n) is 2.90. The zero-order valence-electron chi connectivity index (χ0n) is 11.4. The fourth-order valence-electron chi connectivity index (χ4n) is 1.85. The Morgan fingerprint density at radius 1 is 1.24 bits per heavy atom. The van der Waals surface area contributed by atoms with Crippen molar-refractivity contribution in [2.45, 2.75) is 13.0 Å². The van der Waals surface area contributed by atoms with Gasteiger partial charge in [-0.25, -0.2) is 0 Å². The summed E-state index contributed by atoms with van der Waals surface area (Å²) < 4.78 is 0.945. The van der Waals surface area contributed by atoms with Gasteiger partial charge in [-0.3, -0.25) is 9.59 Å². The number of rotatable bonds is 5. The van der Waals surface area contributed by atoms with Crippen molar-refractivity contribution >= 4 is 39.1 Å². The Morgan fingerprint density at radius 2 is 2.00 bits per heavy atom. The van der Waals surface area contributed by atoms with Crippen molar-refractivity contribution in [3.05, 3.63) is 56.7 Å². The molecule has 0 aliphatic rings. The standard InChI is InChI=1S/C15H15BrN2O2S/c1-10(11-5-2-3-6-12(11)16)18-14(19)9-17-15(20)13-7-4-8-21-13/h2-8,10H,9H2,1H3,(H,17,20)(H,18,19)/t10-/m1/s1. The van der Waals surface area contributed by atoms with E-state index in [1.165, 1.54) is 11.3 Å². The van der Waals surface area contributed by atoms with Gasteiger partial charge in [-0.1, -0.05) is 40.2 Å². The van der Waals surface area contributed by atoms with Crippen LogP contribution < -0.4 is 10.6 Å². The van der Waals surface area contributed by atoms with Gasteiger partial charge in [0.15, 0.2) is 0 Å². The molecule has 0 aliphatic carbocycles. The van der Waals surface area contributed by atoms with Crippen molar-refractivity contribution in [3.63, 3.8) is 0 Å². The number of hydrogen-bond acceptors (Lipinski definition) is 3. The maximum absolute atomic E-state index is 11.9. The lowest BCUT2D eigenvalue weighted by Crippen LogP contribution is -2.37. The van der Waals surface area contributed by atoms with E-state index in [-0.39, 0.29) is 24.4 Å². The summed E-state index contributed by atoms with van der Waals surface area (Å²) in [6.07, 6.45) is 0. The van der Waals surface area contributed by atoms with E-state index in [0.29, 0.717) is 4.88 Å². The van der Waals surface area contributed by atoms with E-state index in [4.69, 9.17) is 0 Å². The third-order valence-corrected chi connectivity index (χ3v) is 4.49. The fraction of sp³-hybridized carbons (Fsp3) is 0.200. The van der Waals surface area contributed by atoms with E-state index >= 15 is 0 Å². The number of hydrogen-bond donors (Lipinski definition) is 2. The molecule has 4 nitrogen and oxygen atoms in total. The van der Waals surface area contributed by atoms with Gasteiger partial charge >= 0.3 is 0 Å². The predicted molar refractivity (Wildman–Crippen MR) is 87.4 cm³/mol.